The van der Waals surface area contributed by atoms with E-state index >= 15 is 0 Å². The molecule has 4 rings (SSSR count). The van der Waals surface area contributed by atoms with Gasteiger partial charge >= 0.3 is 0 Å². The molecule has 3 aromatic heterocycles. The molecule has 118 valence electrons. The van der Waals surface area contributed by atoms with Crippen molar-refractivity contribution in [2.45, 2.75) is 33.4 Å². The molecule has 0 saturated heterocycles. The maximum Gasteiger partial charge on any atom is 0.201 e. The lowest BCUT2D eigenvalue weighted by Crippen LogP contribution is -1.98. The first-order valence-corrected chi connectivity index (χ1v) is 9.02. The third-order valence-electron chi connectivity index (χ3n) is 4.22. The molecular weight excluding hydrogens is 304 g/mol. The lowest BCUT2D eigenvalue weighted by molar-refractivity contribution is 0.434. The molecule has 0 fully saturated rings. The molecule has 0 aliphatic rings. The van der Waals surface area contributed by atoms with E-state index in [1.54, 1.807) is 11.3 Å². The second-order valence-electron chi connectivity index (χ2n) is 5.71. The summed E-state index contributed by atoms with van der Waals surface area (Å²) >= 11 is 1.78. The molecule has 0 bridgehead atoms. The van der Waals surface area contributed by atoms with Crippen LogP contribution in [0.2, 0.25) is 0 Å². The number of fused-ring (bicyclic) bond motifs is 2. The quantitative estimate of drug-likeness (QED) is 0.448. The van der Waals surface area contributed by atoms with Crippen LogP contribution in [-0.4, -0.2) is 9.13 Å². The minimum atomic E-state index is 0.935. The van der Waals surface area contributed by atoms with Gasteiger partial charge in [0, 0.05) is 36.1 Å². The van der Waals surface area contributed by atoms with Gasteiger partial charge in [-0.2, -0.15) is 0 Å². The zero-order chi connectivity index (χ0) is 15.8. The number of para-hydroxylation sites is 1. The molecule has 0 aliphatic carbocycles. The number of thiophene rings is 1. The molecule has 0 amide bonds. The van der Waals surface area contributed by atoms with Crippen LogP contribution in [0.25, 0.3) is 21.1 Å². The van der Waals surface area contributed by atoms with Crippen molar-refractivity contribution in [3.63, 3.8) is 0 Å². The predicted molar refractivity (Wildman–Crippen MR) is 97.8 cm³/mol. The predicted octanol–water partition coefficient (Wildman–Crippen LogP) is 5.88. The molecular formula is C19H20N2OS. The van der Waals surface area contributed by atoms with Crippen molar-refractivity contribution < 1.29 is 4.74 Å². The summed E-state index contributed by atoms with van der Waals surface area (Å²) in [6.45, 7) is 6.28. The van der Waals surface area contributed by atoms with Gasteiger partial charge in [0.05, 0.1) is 5.52 Å². The Hall–Kier alpha value is -2.20. The highest BCUT2D eigenvalue weighted by Gasteiger charge is 2.14. The van der Waals surface area contributed by atoms with E-state index in [9.17, 15) is 0 Å². The van der Waals surface area contributed by atoms with Crippen LogP contribution < -0.4 is 4.74 Å². The monoisotopic (exact) mass is 324 g/mol. The van der Waals surface area contributed by atoms with Crippen LogP contribution >= 0.6 is 11.3 Å². The largest absolute Gasteiger partial charge is 0.439 e. The second-order valence-corrected chi connectivity index (χ2v) is 6.61. The van der Waals surface area contributed by atoms with Crippen molar-refractivity contribution in [2.75, 3.05) is 0 Å². The smallest absolute Gasteiger partial charge is 0.201 e. The van der Waals surface area contributed by atoms with Gasteiger partial charge in [-0.1, -0.05) is 19.1 Å². The van der Waals surface area contributed by atoms with Crippen LogP contribution in [0.15, 0.2) is 48.0 Å². The fraction of sp³-hybridized carbons (Fsp3) is 0.263. The second kappa shape index (κ2) is 5.78. The Labute approximate surface area is 139 Å². The summed E-state index contributed by atoms with van der Waals surface area (Å²) in [5.41, 5.74) is 1.22. The average Bonchev–Trinajstić information content (AvgIpc) is 3.24. The fourth-order valence-electron chi connectivity index (χ4n) is 3.14. The van der Waals surface area contributed by atoms with Crippen LogP contribution in [0.5, 0.6) is 11.6 Å². The number of rotatable bonds is 5. The van der Waals surface area contributed by atoms with Crippen molar-refractivity contribution in [3.05, 3.63) is 48.0 Å². The number of hydrogen-bond acceptors (Lipinski definition) is 2. The molecule has 0 unspecified atom stereocenters. The highest BCUT2D eigenvalue weighted by atomic mass is 32.1. The Morgan fingerprint density at radius 2 is 2.00 bits per heavy atom. The highest BCUT2D eigenvalue weighted by molar-refractivity contribution is 7.16. The standard InChI is InChI=1S/C19H20N2OS/c1-3-10-21-18(12-14-9-11-23-19(14)21)22-17-13-20(4-2)16-8-6-5-7-15(16)17/h5-9,11-13H,3-4,10H2,1-2H3. The summed E-state index contributed by atoms with van der Waals surface area (Å²) in [7, 11) is 0. The van der Waals surface area contributed by atoms with Crippen LogP contribution in [0.1, 0.15) is 20.3 Å². The first-order valence-electron chi connectivity index (χ1n) is 8.14. The Bertz CT molecular complexity index is 960. The molecule has 0 atom stereocenters. The van der Waals surface area contributed by atoms with Crippen molar-refractivity contribution >= 4 is 32.5 Å². The molecule has 23 heavy (non-hydrogen) atoms. The van der Waals surface area contributed by atoms with Gasteiger partial charge in [0.1, 0.15) is 4.83 Å². The van der Waals surface area contributed by atoms with Crippen LogP contribution in [-0.2, 0) is 13.1 Å². The lowest BCUT2D eigenvalue weighted by Gasteiger charge is -2.09. The summed E-state index contributed by atoms with van der Waals surface area (Å²) in [6, 6.07) is 12.7. The van der Waals surface area contributed by atoms with E-state index in [2.05, 4.69) is 71.0 Å². The SMILES string of the molecule is CCCn1c(Oc2cn(CC)c3ccccc23)cc2ccsc21. The Morgan fingerprint density at radius 1 is 1.13 bits per heavy atom. The first kappa shape index (κ1) is 14.4. The van der Waals surface area contributed by atoms with E-state index in [0.29, 0.717) is 0 Å². The number of ether oxygens (including phenoxy) is 1. The Kier molecular flexibility index (Phi) is 3.62. The minimum absolute atomic E-state index is 0.935. The zero-order valence-corrected chi connectivity index (χ0v) is 14.3. The van der Waals surface area contributed by atoms with Crippen molar-refractivity contribution in [3.8, 4) is 11.6 Å². The van der Waals surface area contributed by atoms with Gasteiger partial charge in [0.15, 0.2) is 5.75 Å². The van der Waals surface area contributed by atoms with Crippen molar-refractivity contribution in [1.29, 1.82) is 0 Å². The zero-order valence-electron chi connectivity index (χ0n) is 13.5. The van der Waals surface area contributed by atoms with Crippen LogP contribution in [0.4, 0.5) is 0 Å². The first-order chi connectivity index (χ1) is 11.3. The van der Waals surface area contributed by atoms with E-state index in [4.69, 9.17) is 4.74 Å². The van der Waals surface area contributed by atoms with Gasteiger partial charge in [0.2, 0.25) is 5.88 Å². The molecule has 1 aromatic carbocycles. The van der Waals surface area contributed by atoms with Gasteiger partial charge in [0.25, 0.3) is 0 Å². The minimum Gasteiger partial charge on any atom is -0.439 e. The summed E-state index contributed by atoms with van der Waals surface area (Å²) in [4.78, 5) is 1.29. The fourth-order valence-corrected chi connectivity index (χ4v) is 4.06. The van der Waals surface area contributed by atoms with Crippen molar-refractivity contribution in [1.82, 2.24) is 9.13 Å². The normalized spacial score (nSPS) is 11.6. The van der Waals surface area contributed by atoms with E-state index in [1.165, 1.54) is 21.1 Å². The van der Waals surface area contributed by atoms with Gasteiger partial charge in [-0.05, 0) is 36.9 Å². The molecule has 0 radical (unpaired) electrons. The number of aryl methyl sites for hydroxylation is 2. The highest BCUT2D eigenvalue weighted by Crippen LogP contribution is 2.36. The molecule has 0 aliphatic heterocycles. The maximum absolute atomic E-state index is 6.35. The van der Waals surface area contributed by atoms with E-state index in [1.807, 2.05) is 0 Å². The van der Waals surface area contributed by atoms with Gasteiger partial charge in [-0.15, -0.1) is 11.3 Å². The molecule has 3 nitrogen and oxygen atoms in total. The molecule has 0 N–H and O–H groups in total. The molecule has 0 saturated carbocycles. The van der Waals surface area contributed by atoms with E-state index in [-0.39, 0.29) is 0 Å². The topological polar surface area (TPSA) is 19.1 Å². The summed E-state index contributed by atoms with van der Waals surface area (Å²) in [6.07, 6.45) is 3.21. The lowest BCUT2D eigenvalue weighted by atomic mass is 10.2. The number of hydrogen-bond donors (Lipinski definition) is 0. The Balaban J connectivity index is 1.82. The molecule has 4 aromatic rings. The molecule has 4 heteroatoms. The maximum atomic E-state index is 6.35. The number of benzene rings is 1. The summed E-state index contributed by atoms with van der Waals surface area (Å²) < 4.78 is 10.9. The van der Waals surface area contributed by atoms with Gasteiger partial charge < -0.3 is 13.9 Å². The Morgan fingerprint density at radius 3 is 2.83 bits per heavy atom. The number of nitrogens with zero attached hydrogens (tertiary/aromatic N) is 2. The van der Waals surface area contributed by atoms with E-state index < -0.39 is 0 Å². The third kappa shape index (κ3) is 2.34. The van der Waals surface area contributed by atoms with Crippen molar-refractivity contribution in [2.24, 2.45) is 0 Å². The van der Waals surface area contributed by atoms with Crippen LogP contribution in [0, 0.1) is 0 Å². The van der Waals surface area contributed by atoms with Gasteiger partial charge in [-0.3, -0.25) is 0 Å². The number of aromatic nitrogens is 2. The van der Waals surface area contributed by atoms with Crippen LogP contribution in [0.3, 0.4) is 0 Å². The van der Waals surface area contributed by atoms with E-state index in [0.717, 1.165) is 31.1 Å². The third-order valence-corrected chi connectivity index (χ3v) is 5.17. The van der Waals surface area contributed by atoms with Gasteiger partial charge in [-0.25, -0.2) is 0 Å². The summed E-state index contributed by atoms with van der Waals surface area (Å²) in [5, 5.41) is 4.57. The summed E-state index contributed by atoms with van der Waals surface area (Å²) in [5.74, 6) is 1.87. The average molecular weight is 324 g/mol. The molecule has 0 spiro atoms. The molecule has 3 heterocycles.